The van der Waals surface area contributed by atoms with Gasteiger partial charge in [0.1, 0.15) is 17.5 Å². The van der Waals surface area contributed by atoms with E-state index in [9.17, 15) is 14.4 Å². The van der Waals surface area contributed by atoms with Gasteiger partial charge in [-0.05, 0) is 43.7 Å². The molecule has 0 unspecified atom stereocenters. The molecule has 1 aromatic heterocycles. The number of carbonyl (C=O) groups excluding carboxylic acids is 2. The van der Waals surface area contributed by atoms with Crippen LogP contribution < -0.4 is 24.4 Å². The van der Waals surface area contributed by atoms with E-state index in [2.05, 4.69) is 4.99 Å². The fraction of sp³-hybridized carbons (Fsp3) is 0.231. The van der Waals surface area contributed by atoms with Crippen molar-refractivity contribution in [3.05, 3.63) is 90.6 Å². The van der Waals surface area contributed by atoms with Crippen molar-refractivity contribution in [1.82, 2.24) is 4.57 Å². The second-order valence-corrected chi connectivity index (χ2v) is 8.72. The molecule has 0 bridgehead atoms. The van der Waals surface area contributed by atoms with Gasteiger partial charge < -0.3 is 14.2 Å². The second kappa shape index (κ2) is 10.1. The molecule has 35 heavy (non-hydrogen) atoms. The first-order chi connectivity index (χ1) is 16.8. The fourth-order valence-corrected chi connectivity index (χ4v) is 4.97. The number of aromatic nitrogens is 1. The standard InChI is InChI=1S/C26H24N2O6S/c1-5-33-25(31)22-15(2)27-26-28(23(22)19-8-6-7-9-20(19)32-4)24(30)21(35-26)14-17-10-12-18(13-11-17)34-16(3)29/h6-14,23H,5H2,1-4H3/b21-14-/t23-/m1/s1. The SMILES string of the molecule is CCOC(=O)C1=C(C)N=c2s/c(=C\c3ccc(OC(C)=O)cc3)c(=O)n2[C@@H]1c1ccccc1OC. The first-order valence-corrected chi connectivity index (χ1v) is 11.8. The molecule has 9 heteroatoms. The van der Waals surface area contributed by atoms with Gasteiger partial charge in [0.15, 0.2) is 4.80 Å². The second-order valence-electron chi connectivity index (χ2n) is 7.71. The third-order valence-electron chi connectivity index (χ3n) is 5.39. The van der Waals surface area contributed by atoms with Crippen molar-refractivity contribution in [2.24, 2.45) is 4.99 Å². The summed E-state index contributed by atoms with van der Waals surface area (Å²) in [6.45, 7) is 4.99. The molecule has 1 aliphatic rings. The average molecular weight is 493 g/mol. The predicted molar refractivity (Wildman–Crippen MR) is 131 cm³/mol. The normalized spacial score (nSPS) is 15.3. The van der Waals surface area contributed by atoms with Gasteiger partial charge in [-0.1, -0.05) is 41.7 Å². The minimum absolute atomic E-state index is 0.196. The molecule has 4 rings (SSSR count). The van der Waals surface area contributed by atoms with E-state index in [1.165, 1.54) is 22.8 Å². The molecule has 2 heterocycles. The minimum Gasteiger partial charge on any atom is -0.496 e. The Bertz CT molecular complexity index is 1500. The Kier molecular flexibility index (Phi) is 6.97. The van der Waals surface area contributed by atoms with Crippen LogP contribution in [0.4, 0.5) is 0 Å². The molecule has 1 aliphatic heterocycles. The van der Waals surface area contributed by atoms with E-state index in [-0.39, 0.29) is 12.2 Å². The molecule has 0 spiro atoms. The smallest absolute Gasteiger partial charge is 0.338 e. The maximum atomic E-state index is 13.6. The van der Waals surface area contributed by atoms with Crippen LogP contribution in [0.2, 0.25) is 0 Å². The number of benzene rings is 2. The highest BCUT2D eigenvalue weighted by molar-refractivity contribution is 7.07. The summed E-state index contributed by atoms with van der Waals surface area (Å²) in [5.74, 6) is 0.0294. The molecule has 2 aromatic carbocycles. The van der Waals surface area contributed by atoms with Gasteiger partial charge in [0, 0.05) is 12.5 Å². The lowest BCUT2D eigenvalue weighted by Gasteiger charge is -2.25. The maximum absolute atomic E-state index is 13.6. The van der Waals surface area contributed by atoms with Gasteiger partial charge in [0.25, 0.3) is 5.56 Å². The van der Waals surface area contributed by atoms with Gasteiger partial charge in [-0.15, -0.1) is 0 Å². The summed E-state index contributed by atoms with van der Waals surface area (Å²) >= 11 is 1.23. The Morgan fingerprint density at radius 2 is 1.86 bits per heavy atom. The summed E-state index contributed by atoms with van der Waals surface area (Å²) in [5, 5.41) is 0. The molecule has 8 nitrogen and oxygen atoms in total. The average Bonchev–Trinajstić information content (AvgIpc) is 3.13. The van der Waals surface area contributed by atoms with E-state index in [0.717, 1.165) is 5.56 Å². The summed E-state index contributed by atoms with van der Waals surface area (Å²) in [7, 11) is 1.54. The van der Waals surface area contributed by atoms with Gasteiger partial charge in [-0.2, -0.15) is 0 Å². The highest BCUT2D eigenvalue weighted by Gasteiger charge is 2.34. The molecule has 0 saturated carbocycles. The number of esters is 2. The van der Waals surface area contributed by atoms with Crippen molar-refractivity contribution in [3.63, 3.8) is 0 Å². The zero-order valence-corrected chi connectivity index (χ0v) is 20.5. The number of thiazole rings is 1. The lowest BCUT2D eigenvalue weighted by atomic mass is 9.95. The first-order valence-electron chi connectivity index (χ1n) is 10.9. The molecule has 1 atom stereocenters. The number of hydrogen-bond acceptors (Lipinski definition) is 8. The van der Waals surface area contributed by atoms with Crippen LogP contribution in [0.5, 0.6) is 11.5 Å². The fourth-order valence-electron chi connectivity index (χ4n) is 3.93. The number of carbonyl (C=O) groups is 2. The van der Waals surface area contributed by atoms with Crippen molar-refractivity contribution >= 4 is 29.4 Å². The molecule has 0 amide bonds. The van der Waals surface area contributed by atoms with Crippen LogP contribution in [0.1, 0.15) is 37.9 Å². The molecular weight excluding hydrogens is 468 g/mol. The van der Waals surface area contributed by atoms with E-state index in [1.54, 1.807) is 57.4 Å². The van der Waals surface area contributed by atoms with Crippen LogP contribution in [-0.2, 0) is 14.3 Å². The van der Waals surface area contributed by atoms with Crippen molar-refractivity contribution < 1.29 is 23.8 Å². The lowest BCUT2D eigenvalue weighted by molar-refractivity contribution is -0.139. The van der Waals surface area contributed by atoms with Gasteiger partial charge in [0.05, 0.1) is 29.5 Å². The molecule has 0 aliphatic carbocycles. The number of rotatable bonds is 6. The lowest BCUT2D eigenvalue weighted by Crippen LogP contribution is -2.40. The Labute approximate surface area is 205 Å². The summed E-state index contributed by atoms with van der Waals surface area (Å²) < 4.78 is 17.9. The number of para-hydroxylation sites is 1. The van der Waals surface area contributed by atoms with Crippen LogP contribution in [-0.4, -0.2) is 30.2 Å². The number of nitrogens with zero attached hydrogens (tertiary/aromatic N) is 2. The topological polar surface area (TPSA) is 96.2 Å². The van der Waals surface area contributed by atoms with E-state index in [1.807, 2.05) is 18.2 Å². The number of allylic oxidation sites excluding steroid dienone is 1. The van der Waals surface area contributed by atoms with Crippen LogP contribution in [0.3, 0.4) is 0 Å². The highest BCUT2D eigenvalue weighted by atomic mass is 32.1. The third-order valence-corrected chi connectivity index (χ3v) is 6.37. The quantitative estimate of drug-likeness (QED) is 0.388. The van der Waals surface area contributed by atoms with Gasteiger partial charge in [0.2, 0.25) is 0 Å². The van der Waals surface area contributed by atoms with Crippen LogP contribution >= 0.6 is 11.3 Å². The van der Waals surface area contributed by atoms with Crippen molar-refractivity contribution in [3.8, 4) is 11.5 Å². The summed E-state index contributed by atoms with van der Waals surface area (Å²) in [6.07, 6.45) is 1.74. The zero-order chi connectivity index (χ0) is 25.1. The largest absolute Gasteiger partial charge is 0.496 e. The van der Waals surface area contributed by atoms with E-state index in [0.29, 0.717) is 37.7 Å². The van der Waals surface area contributed by atoms with Crippen LogP contribution in [0.15, 0.2) is 69.6 Å². The van der Waals surface area contributed by atoms with Crippen LogP contribution in [0.25, 0.3) is 6.08 Å². The monoisotopic (exact) mass is 492 g/mol. The molecule has 0 saturated heterocycles. The van der Waals surface area contributed by atoms with E-state index >= 15 is 0 Å². The predicted octanol–water partition coefficient (Wildman–Crippen LogP) is 2.73. The number of methoxy groups -OCH3 is 1. The first kappa shape index (κ1) is 24.2. The van der Waals surface area contributed by atoms with Crippen molar-refractivity contribution in [2.75, 3.05) is 13.7 Å². The van der Waals surface area contributed by atoms with E-state index < -0.39 is 18.0 Å². The van der Waals surface area contributed by atoms with Crippen molar-refractivity contribution in [2.45, 2.75) is 26.8 Å². The van der Waals surface area contributed by atoms with Gasteiger partial charge in [-0.3, -0.25) is 14.2 Å². The summed E-state index contributed by atoms with van der Waals surface area (Å²) in [6, 6.07) is 13.3. The molecule has 3 aromatic rings. The van der Waals surface area contributed by atoms with E-state index in [4.69, 9.17) is 14.2 Å². The summed E-state index contributed by atoms with van der Waals surface area (Å²) in [4.78, 5) is 42.8. The molecule has 0 fully saturated rings. The number of fused-ring (bicyclic) bond motifs is 1. The molecular formula is C26H24N2O6S. The Morgan fingerprint density at radius 3 is 2.51 bits per heavy atom. The molecule has 0 N–H and O–H groups in total. The van der Waals surface area contributed by atoms with Gasteiger partial charge >= 0.3 is 11.9 Å². The Morgan fingerprint density at radius 1 is 1.14 bits per heavy atom. The maximum Gasteiger partial charge on any atom is 0.338 e. The summed E-state index contributed by atoms with van der Waals surface area (Å²) in [5.41, 5.74) is 1.90. The Hall–Kier alpha value is -3.98. The highest BCUT2D eigenvalue weighted by Crippen LogP contribution is 2.35. The minimum atomic E-state index is -0.755. The van der Waals surface area contributed by atoms with Gasteiger partial charge in [-0.25, -0.2) is 9.79 Å². The van der Waals surface area contributed by atoms with Crippen molar-refractivity contribution in [1.29, 1.82) is 0 Å². The third kappa shape index (κ3) is 4.81. The Balaban J connectivity index is 1.89. The zero-order valence-electron chi connectivity index (χ0n) is 19.7. The molecule has 0 radical (unpaired) electrons. The molecule has 180 valence electrons. The number of hydrogen-bond donors (Lipinski definition) is 0. The van der Waals surface area contributed by atoms with Crippen LogP contribution in [0, 0.1) is 0 Å². The number of ether oxygens (including phenoxy) is 3.